The van der Waals surface area contributed by atoms with Gasteiger partial charge in [0.15, 0.2) is 0 Å². The van der Waals surface area contributed by atoms with Crippen LogP contribution in [0.25, 0.3) is 0 Å². The molecule has 1 rings (SSSR count). The molecule has 0 heterocycles. The van der Waals surface area contributed by atoms with Gasteiger partial charge in [0.2, 0.25) is 0 Å². The van der Waals surface area contributed by atoms with Crippen molar-refractivity contribution in [1.82, 2.24) is 5.48 Å². The Morgan fingerprint density at radius 3 is 2.67 bits per heavy atom. The van der Waals surface area contributed by atoms with Gasteiger partial charge in [-0.25, -0.2) is 0 Å². The summed E-state index contributed by atoms with van der Waals surface area (Å²) in [4.78, 5) is 4.78. The van der Waals surface area contributed by atoms with Crippen molar-refractivity contribution in [3.63, 3.8) is 0 Å². The fraction of sp³-hybridized carbons (Fsp3) is 0.400. The summed E-state index contributed by atoms with van der Waals surface area (Å²) in [6, 6.07) is 6.41. The first-order valence-electron chi connectivity index (χ1n) is 4.06. The monoisotopic (exact) mass is 165 g/mol. The van der Waals surface area contributed by atoms with Crippen LogP contribution in [-0.2, 0) is 11.4 Å². The lowest BCUT2D eigenvalue weighted by molar-refractivity contribution is 0.0866. The van der Waals surface area contributed by atoms with E-state index in [-0.39, 0.29) is 0 Å². The summed E-state index contributed by atoms with van der Waals surface area (Å²) in [7, 11) is 1.63. The molecule has 66 valence electrons. The van der Waals surface area contributed by atoms with Crippen molar-refractivity contribution in [3.05, 3.63) is 34.9 Å². The molecule has 1 N–H and O–H groups in total. The van der Waals surface area contributed by atoms with Gasteiger partial charge in [-0.1, -0.05) is 23.8 Å². The molecular weight excluding hydrogens is 150 g/mol. The van der Waals surface area contributed by atoms with Crippen molar-refractivity contribution >= 4 is 0 Å². The second-order valence-electron chi connectivity index (χ2n) is 2.96. The molecule has 0 atom stereocenters. The van der Waals surface area contributed by atoms with Gasteiger partial charge in [-0.2, -0.15) is 5.48 Å². The number of hydrogen-bond acceptors (Lipinski definition) is 2. The Balaban J connectivity index is 2.72. The molecule has 1 aromatic carbocycles. The largest absolute Gasteiger partial charge is 0.305 e. The van der Waals surface area contributed by atoms with E-state index < -0.39 is 0 Å². The molecule has 0 aliphatic carbocycles. The van der Waals surface area contributed by atoms with Crippen LogP contribution < -0.4 is 5.48 Å². The number of nitrogens with one attached hydrogen (secondary N) is 1. The van der Waals surface area contributed by atoms with E-state index in [4.69, 9.17) is 4.84 Å². The van der Waals surface area contributed by atoms with Crippen LogP contribution in [0.2, 0.25) is 0 Å². The second kappa shape index (κ2) is 4.24. The van der Waals surface area contributed by atoms with Gasteiger partial charge in [-0.3, -0.25) is 0 Å². The van der Waals surface area contributed by atoms with E-state index in [1.165, 1.54) is 16.7 Å². The summed E-state index contributed by atoms with van der Waals surface area (Å²) in [5.41, 5.74) is 6.71. The second-order valence-corrected chi connectivity index (χ2v) is 2.96. The zero-order valence-electron chi connectivity index (χ0n) is 7.85. The van der Waals surface area contributed by atoms with Gasteiger partial charge in [0, 0.05) is 6.54 Å². The average Bonchev–Trinajstić information content (AvgIpc) is 2.03. The quantitative estimate of drug-likeness (QED) is 0.691. The lowest BCUT2D eigenvalue weighted by atomic mass is 10.1. The van der Waals surface area contributed by atoms with Crippen LogP contribution in [0.15, 0.2) is 18.2 Å². The summed E-state index contributed by atoms with van der Waals surface area (Å²) < 4.78 is 0. The van der Waals surface area contributed by atoms with Crippen molar-refractivity contribution in [2.45, 2.75) is 20.4 Å². The number of aryl methyl sites for hydroxylation is 2. The van der Waals surface area contributed by atoms with Crippen LogP contribution >= 0.6 is 0 Å². The Morgan fingerprint density at radius 1 is 1.33 bits per heavy atom. The number of rotatable bonds is 3. The molecule has 0 saturated carbocycles. The first-order chi connectivity index (χ1) is 5.74. The minimum Gasteiger partial charge on any atom is -0.305 e. The summed E-state index contributed by atoms with van der Waals surface area (Å²) in [6.45, 7) is 4.98. The Labute approximate surface area is 73.5 Å². The summed E-state index contributed by atoms with van der Waals surface area (Å²) >= 11 is 0. The molecule has 2 nitrogen and oxygen atoms in total. The lowest BCUT2D eigenvalue weighted by Crippen LogP contribution is -2.11. The van der Waals surface area contributed by atoms with Crippen LogP contribution in [0.1, 0.15) is 16.7 Å². The fourth-order valence-corrected chi connectivity index (χ4v) is 1.19. The summed E-state index contributed by atoms with van der Waals surface area (Å²) in [6.07, 6.45) is 0. The first kappa shape index (κ1) is 9.23. The van der Waals surface area contributed by atoms with Crippen LogP contribution in [0, 0.1) is 13.8 Å². The number of hydrogen-bond donors (Lipinski definition) is 1. The van der Waals surface area contributed by atoms with E-state index in [0.717, 1.165) is 6.54 Å². The molecule has 0 radical (unpaired) electrons. The zero-order valence-corrected chi connectivity index (χ0v) is 7.85. The van der Waals surface area contributed by atoms with E-state index in [1.54, 1.807) is 7.11 Å². The van der Waals surface area contributed by atoms with E-state index in [9.17, 15) is 0 Å². The van der Waals surface area contributed by atoms with Crippen molar-refractivity contribution in [1.29, 1.82) is 0 Å². The van der Waals surface area contributed by atoms with Crippen LogP contribution in [0.5, 0.6) is 0 Å². The molecule has 2 heteroatoms. The van der Waals surface area contributed by atoms with Crippen molar-refractivity contribution in [2.24, 2.45) is 0 Å². The predicted molar refractivity (Wildman–Crippen MR) is 49.8 cm³/mol. The molecule has 0 unspecified atom stereocenters. The zero-order chi connectivity index (χ0) is 8.97. The molecule has 0 amide bonds. The van der Waals surface area contributed by atoms with Crippen molar-refractivity contribution in [3.8, 4) is 0 Å². The van der Waals surface area contributed by atoms with Gasteiger partial charge >= 0.3 is 0 Å². The molecule has 0 fully saturated rings. The first-order valence-corrected chi connectivity index (χ1v) is 4.06. The van der Waals surface area contributed by atoms with Gasteiger partial charge in [0.05, 0.1) is 7.11 Å². The van der Waals surface area contributed by atoms with E-state index in [0.29, 0.717) is 0 Å². The smallest absolute Gasteiger partial charge is 0.0572 e. The highest BCUT2D eigenvalue weighted by Crippen LogP contribution is 2.09. The number of benzene rings is 1. The molecule has 0 saturated heterocycles. The van der Waals surface area contributed by atoms with Gasteiger partial charge in [0.25, 0.3) is 0 Å². The Hall–Kier alpha value is -0.860. The Morgan fingerprint density at radius 2 is 2.08 bits per heavy atom. The number of hydroxylamine groups is 1. The highest BCUT2D eigenvalue weighted by atomic mass is 16.6. The van der Waals surface area contributed by atoms with Gasteiger partial charge < -0.3 is 4.84 Å². The minimum atomic E-state index is 0.766. The highest BCUT2D eigenvalue weighted by molar-refractivity contribution is 5.29. The minimum absolute atomic E-state index is 0.766. The maximum absolute atomic E-state index is 4.78. The third kappa shape index (κ3) is 2.32. The molecule has 0 aliphatic heterocycles. The maximum Gasteiger partial charge on any atom is 0.0572 e. The third-order valence-corrected chi connectivity index (χ3v) is 1.91. The summed E-state index contributed by atoms with van der Waals surface area (Å²) in [5.74, 6) is 0. The van der Waals surface area contributed by atoms with E-state index in [1.807, 2.05) is 0 Å². The maximum atomic E-state index is 4.78. The van der Waals surface area contributed by atoms with Gasteiger partial charge in [-0.15, -0.1) is 0 Å². The highest BCUT2D eigenvalue weighted by Gasteiger charge is 1.96. The van der Waals surface area contributed by atoms with Crippen LogP contribution in [0.4, 0.5) is 0 Å². The average molecular weight is 165 g/mol. The Kier molecular flexibility index (Phi) is 3.26. The van der Waals surface area contributed by atoms with Gasteiger partial charge in [-0.05, 0) is 25.0 Å². The molecule has 12 heavy (non-hydrogen) atoms. The van der Waals surface area contributed by atoms with Crippen LogP contribution in [-0.4, -0.2) is 7.11 Å². The molecule has 0 aliphatic rings. The topological polar surface area (TPSA) is 21.3 Å². The SMILES string of the molecule is CONCc1ccc(C)cc1C. The standard InChI is InChI=1S/C10H15NO/c1-8-4-5-10(7-11-12-3)9(2)6-8/h4-6,11H,7H2,1-3H3. The molecular formula is C10H15NO. The Bertz CT molecular complexity index is 258. The predicted octanol–water partition coefficient (Wildman–Crippen LogP) is 1.95. The summed E-state index contributed by atoms with van der Waals surface area (Å²) in [5, 5.41) is 0. The lowest BCUT2D eigenvalue weighted by Gasteiger charge is -2.06. The normalized spacial score (nSPS) is 10.2. The fourth-order valence-electron chi connectivity index (χ4n) is 1.19. The van der Waals surface area contributed by atoms with Crippen molar-refractivity contribution in [2.75, 3.05) is 7.11 Å². The molecule has 0 bridgehead atoms. The molecule has 0 aromatic heterocycles. The van der Waals surface area contributed by atoms with Crippen LogP contribution in [0.3, 0.4) is 0 Å². The third-order valence-electron chi connectivity index (χ3n) is 1.91. The van der Waals surface area contributed by atoms with E-state index in [2.05, 4.69) is 37.5 Å². The van der Waals surface area contributed by atoms with Crippen molar-refractivity contribution < 1.29 is 4.84 Å². The van der Waals surface area contributed by atoms with Gasteiger partial charge in [0.1, 0.15) is 0 Å². The molecule has 0 spiro atoms. The van der Waals surface area contributed by atoms with E-state index >= 15 is 0 Å². The molecule has 1 aromatic rings.